The number of nitrogens with zero attached hydrogens (tertiary/aromatic N) is 2. The molecule has 0 bridgehead atoms. The number of rotatable bonds is 4. The summed E-state index contributed by atoms with van der Waals surface area (Å²) < 4.78 is 5.66. The van der Waals surface area contributed by atoms with E-state index in [1.807, 2.05) is 31.1 Å². The Morgan fingerprint density at radius 1 is 0.952 bits per heavy atom. The molecule has 1 aliphatic heterocycles. The number of amides is 2. The number of carbonyl (C=O) groups is 2. The molecule has 1 aromatic heterocycles. The lowest BCUT2D eigenvalue weighted by molar-refractivity contribution is 0.0630. The van der Waals surface area contributed by atoms with Crippen molar-refractivity contribution in [2.75, 3.05) is 14.1 Å². The van der Waals surface area contributed by atoms with Gasteiger partial charge in [0.1, 0.15) is 11.5 Å². The van der Waals surface area contributed by atoms with Crippen molar-refractivity contribution < 1.29 is 14.0 Å². The third kappa shape index (κ3) is 2.48. The van der Waals surface area contributed by atoms with E-state index in [9.17, 15) is 9.59 Å². The van der Waals surface area contributed by atoms with E-state index in [0.29, 0.717) is 23.4 Å². The fourth-order valence-electron chi connectivity index (χ4n) is 2.44. The topological polar surface area (TPSA) is 53.8 Å². The van der Waals surface area contributed by atoms with E-state index in [1.54, 1.807) is 24.3 Å². The van der Waals surface area contributed by atoms with E-state index in [2.05, 4.69) is 0 Å². The Labute approximate surface area is 122 Å². The zero-order valence-corrected chi connectivity index (χ0v) is 12.0. The zero-order valence-electron chi connectivity index (χ0n) is 12.0. The largest absolute Gasteiger partial charge is 0.463 e. The quantitative estimate of drug-likeness (QED) is 0.807. The van der Waals surface area contributed by atoms with Gasteiger partial charge in [0.25, 0.3) is 11.8 Å². The number of benzene rings is 1. The van der Waals surface area contributed by atoms with Gasteiger partial charge in [0.2, 0.25) is 0 Å². The van der Waals surface area contributed by atoms with Gasteiger partial charge in [0.05, 0.1) is 24.2 Å². The molecule has 2 amide bonds. The molecule has 0 spiro atoms. The van der Waals surface area contributed by atoms with Gasteiger partial charge in [-0.2, -0.15) is 0 Å². The summed E-state index contributed by atoms with van der Waals surface area (Å²) in [5.74, 6) is 0.898. The SMILES string of the molecule is CN(C)Cc1ccc(CN2C(=O)c3ccccc3C2=O)o1. The van der Waals surface area contributed by atoms with Crippen LogP contribution in [0.2, 0.25) is 0 Å². The number of carbonyl (C=O) groups excluding carboxylic acids is 2. The Hall–Kier alpha value is -2.40. The summed E-state index contributed by atoms with van der Waals surface area (Å²) in [6, 6.07) is 10.5. The third-order valence-corrected chi connectivity index (χ3v) is 3.38. The smallest absolute Gasteiger partial charge is 0.261 e. The standard InChI is InChI=1S/C16H16N2O3/c1-17(2)9-11-7-8-12(21-11)10-18-15(19)13-5-3-4-6-14(13)16(18)20/h3-8H,9-10H2,1-2H3. The second-order valence-electron chi connectivity index (χ2n) is 5.35. The molecule has 0 radical (unpaired) electrons. The Morgan fingerprint density at radius 2 is 1.52 bits per heavy atom. The maximum Gasteiger partial charge on any atom is 0.261 e. The predicted octanol–water partition coefficient (Wildman–Crippen LogP) is 2.14. The lowest BCUT2D eigenvalue weighted by Crippen LogP contribution is -2.28. The summed E-state index contributed by atoms with van der Waals surface area (Å²) in [5.41, 5.74) is 0.921. The van der Waals surface area contributed by atoms with Gasteiger partial charge in [0, 0.05) is 0 Å². The minimum Gasteiger partial charge on any atom is -0.463 e. The van der Waals surface area contributed by atoms with Crippen molar-refractivity contribution in [3.8, 4) is 0 Å². The first-order valence-corrected chi connectivity index (χ1v) is 6.74. The molecule has 0 unspecified atom stereocenters. The number of fused-ring (bicyclic) bond motifs is 1. The summed E-state index contributed by atoms with van der Waals surface area (Å²) in [4.78, 5) is 27.7. The number of imide groups is 1. The highest BCUT2D eigenvalue weighted by molar-refractivity contribution is 6.21. The van der Waals surface area contributed by atoms with Gasteiger partial charge in [-0.25, -0.2) is 0 Å². The van der Waals surface area contributed by atoms with E-state index >= 15 is 0 Å². The Kier molecular flexibility index (Phi) is 3.35. The Morgan fingerprint density at radius 3 is 2.10 bits per heavy atom. The summed E-state index contributed by atoms with van der Waals surface area (Å²) in [5, 5.41) is 0. The minimum atomic E-state index is -0.263. The summed E-state index contributed by atoms with van der Waals surface area (Å²) in [7, 11) is 3.90. The molecular weight excluding hydrogens is 268 g/mol. The first-order valence-electron chi connectivity index (χ1n) is 6.74. The van der Waals surface area contributed by atoms with Crippen LogP contribution in [0.4, 0.5) is 0 Å². The van der Waals surface area contributed by atoms with Gasteiger partial charge >= 0.3 is 0 Å². The van der Waals surface area contributed by atoms with Crippen LogP contribution in [0.5, 0.6) is 0 Å². The van der Waals surface area contributed by atoms with Crippen LogP contribution in [0.25, 0.3) is 0 Å². The van der Waals surface area contributed by atoms with Crippen LogP contribution in [-0.2, 0) is 13.1 Å². The first kappa shape index (κ1) is 13.6. The third-order valence-electron chi connectivity index (χ3n) is 3.38. The molecule has 0 N–H and O–H groups in total. The molecule has 2 aromatic rings. The molecular formula is C16H16N2O3. The molecule has 5 heteroatoms. The second-order valence-corrected chi connectivity index (χ2v) is 5.35. The van der Waals surface area contributed by atoms with Crippen LogP contribution < -0.4 is 0 Å². The maximum absolute atomic E-state index is 12.3. The fourth-order valence-corrected chi connectivity index (χ4v) is 2.44. The molecule has 108 valence electrons. The fraction of sp³-hybridized carbons (Fsp3) is 0.250. The average Bonchev–Trinajstić information content (AvgIpc) is 2.98. The van der Waals surface area contributed by atoms with Crippen LogP contribution in [-0.4, -0.2) is 35.7 Å². The van der Waals surface area contributed by atoms with E-state index in [1.165, 1.54) is 4.90 Å². The van der Waals surface area contributed by atoms with E-state index in [0.717, 1.165) is 5.76 Å². The van der Waals surface area contributed by atoms with Gasteiger partial charge in [0.15, 0.2) is 0 Å². The highest BCUT2D eigenvalue weighted by Gasteiger charge is 2.35. The number of furan rings is 1. The van der Waals surface area contributed by atoms with E-state index in [4.69, 9.17) is 4.42 Å². The highest BCUT2D eigenvalue weighted by atomic mass is 16.3. The highest BCUT2D eigenvalue weighted by Crippen LogP contribution is 2.24. The monoisotopic (exact) mass is 284 g/mol. The van der Waals surface area contributed by atoms with E-state index < -0.39 is 0 Å². The number of hydrogen-bond donors (Lipinski definition) is 0. The average molecular weight is 284 g/mol. The maximum atomic E-state index is 12.3. The van der Waals surface area contributed by atoms with Crippen molar-refractivity contribution >= 4 is 11.8 Å². The molecule has 5 nitrogen and oxygen atoms in total. The minimum absolute atomic E-state index is 0.166. The second kappa shape index (κ2) is 5.18. The van der Waals surface area contributed by atoms with Crippen molar-refractivity contribution in [2.24, 2.45) is 0 Å². The van der Waals surface area contributed by atoms with Crippen molar-refractivity contribution in [2.45, 2.75) is 13.1 Å². The zero-order chi connectivity index (χ0) is 15.0. The van der Waals surface area contributed by atoms with Crippen molar-refractivity contribution in [1.82, 2.24) is 9.80 Å². The normalized spacial score (nSPS) is 14.1. The molecule has 1 aliphatic rings. The molecule has 2 heterocycles. The first-order chi connectivity index (χ1) is 10.1. The summed E-state index contributed by atoms with van der Waals surface area (Å²) >= 11 is 0. The molecule has 1 aromatic carbocycles. The number of hydrogen-bond acceptors (Lipinski definition) is 4. The van der Waals surface area contributed by atoms with Gasteiger partial charge in [-0.05, 0) is 38.4 Å². The van der Waals surface area contributed by atoms with Gasteiger partial charge < -0.3 is 9.32 Å². The lowest BCUT2D eigenvalue weighted by Gasteiger charge is -2.12. The lowest BCUT2D eigenvalue weighted by atomic mass is 10.1. The Bertz CT molecular complexity index is 668. The molecule has 0 atom stereocenters. The molecule has 21 heavy (non-hydrogen) atoms. The van der Waals surface area contributed by atoms with Gasteiger partial charge in [-0.3, -0.25) is 14.5 Å². The van der Waals surface area contributed by atoms with Crippen molar-refractivity contribution in [3.05, 3.63) is 59.0 Å². The van der Waals surface area contributed by atoms with Crippen LogP contribution in [0, 0.1) is 0 Å². The molecule has 0 saturated carbocycles. The van der Waals surface area contributed by atoms with Crippen LogP contribution >= 0.6 is 0 Å². The molecule has 0 fully saturated rings. The van der Waals surface area contributed by atoms with Crippen LogP contribution in [0.3, 0.4) is 0 Å². The van der Waals surface area contributed by atoms with Gasteiger partial charge in [-0.1, -0.05) is 12.1 Å². The van der Waals surface area contributed by atoms with E-state index in [-0.39, 0.29) is 18.4 Å². The molecule has 3 rings (SSSR count). The molecule has 0 aliphatic carbocycles. The van der Waals surface area contributed by atoms with Crippen molar-refractivity contribution in [3.63, 3.8) is 0 Å². The predicted molar refractivity (Wildman–Crippen MR) is 76.7 cm³/mol. The summed E-state index contributed by atoms with van der Waals surface area (Å²) in [6.07, 6.45) is 0. The van der Waals surface area contributed by atoms with Crippen LogP contribution in [0.15, 0.2) is 40.8 Å². The van der Waals surface area contributed by atoms with Gasteiger partial charge in [-0.15, -0.1) is 0 Å². The molecule has 0 saturated heterocycles. The Balaban J connectivity index is 1.79. The van der Waals surface area contributed by atoms with Crippen LogP contribution in [0.1, 0.15) is 32.2 Å². The van der Waals surface area contributed by atoms with Crippen molar-refractivity contribution in [1.29, 1.82) is 0 Å². The summed E-state index contributed by atoms with van der Waals surface area (Å²) in [6.45, 7) is 0.849.